The first kappa shape index (κ1) is 19.6. The maximum absolute atomic E-state index is 12.4. The van der Waals surface area contributed by atoms with E-state index in [9.17, 15) is 19.7 Å². The molecule has 146 valence electrons. The number of halogens is 1. The lowest BCUT2D eigenvalue weighted by atomic mass is 9.95. The highest BCUT2D eigenvalue weighted by atomic mass is 35.5. The van der Waals surface area contributed by atoms with Crippen LogP contribution in [0, 0.1) is 16.0 Å². The van der Waals surface area contributed by atoms with Crippen molar-refractivity contribution in [1.29, 1.82) is 0 Å². The molecule has 0 aliphatic carbocycles. The van der Waals surface area contributed by atoms with E-state index in [-0.39, 0.29) is 23.1 Å². The lowest BCUT2D eigenvalue weighted by molar-refractivity contribution is -0.384. The number of rotatable bonds is 5. The van der Waals surface area contributed by atoms with Crippen molar-refractivity contribution < 1.29 is 14.5 Å². The van der Waals surface area contributed by atoms with Crippen LogP contribution in [0.3, 0.4) is 0 Å². The molecule has 1 saturated heterocycles. The summed E-state index contributed by atoms with van der Waals surface area (Å²) in [5, 5.41) is 14.2. The summed E-state index contributed by atoms with van der Waals surface area (Å²) in [4.78, 5) is 40.5. The van der Waals surface area contributed by atoms with Crippen LogP contribution in [0.4, 0.5) is 17.2 Å². The number of amides is 2. The Kier molecular flexibility index (Phi) is 5.74. The number of carbonyl (C=O) groups is 2. The van der Waals surface area contributed by atoms with Crippen LogP contribution < -0.4 is 16.0 Å². The zero-order chi connectivity index (χ0) is 20.3. The molecule has 2 amide bonds. The summed E-state index contributed by atoms with van der Waals surface area (Å²) >= 11 is 5.78. The summed E-state index contributed by atoms with van der Waals surface area (Å²) in [5.41, 5.74) is 5.84. The molecule has 1 aromatic heterocycles. The molecular weight excluding hydrogens is 386 g/mol. The summed E-state index contributed by atoms with van der Waals surface area (Å²) < 4.78 is 0. The van der Waals surface area contributed by atoms with Gasteiger partial charge in [-0.1, -0.05) is 11.6 Å². The van der Waals surface area contributed by atoms with E-state index < -0.39 is 10.8 Å². The van der Waals surface area contributed by atoms with Gasteiger partial charge in [0.2, 0.25) is 5.91 Å². The van der Waals surface area contributed by atoms with Crippen LogP contribution in [0.25, 0.3) is 0 Å². The Balaban J connectivity index is 1.66. The summed E-state index contributed by atoms with van der Waals surface area (Å²) in [6.45, 7) is 1.04. The fourth-order valence-corrected chi connectivity index (χ4v) is 3.28. The second-order valence-corrected chi connectivity index (χ2v) is 6.87. The van der Waals surface area contributed by atoms with Crippen LogP contribution in [0.5, 0.6) is 0 Å². The SMILES string of the molecule is NC(=O)c1cc([N+](=O)[O-])ccc1N1CCC(C(=O)Nc2ccc(Cl)cn2)CC1. The second kappa shape index (κ2) is 8.22. The number of hydrogen-bond donors (Lipinski definition) is 2. The van der Waals surface area contributed by atoms with Gasteiger partial charge in [0.25, 0.3) is 11.6 Å². The van der Waals surface area contributed by atoms with Crippen LogP contribution in [-0.4, -0.2) is 34.8 Å². The number of nitrogens with zero attached hydrogens (tertiary/aromatic N) is 3. The molecule has 0 unspecified atom stereocenters. The zero-order valence-corrected chi connectivity index (χ0v) is 15.6. The molecule has 1 fully saturated rings. The summed E-state index contributed by atoms with van der Waals surface area (Å²) in [6, 6.07) is 7.32. The molecule has 3 rings (SSSR count). The molecule has 2 aromatic rings. The van der Waals surface area contributed by atoms with Gasteiger partial charge >= 0.3 is 0 Å². The van der Waals surface area contributed by atoms with Gasteiger partial charge in [-0.05, 0) is 31.0 Å². The standard InChI is InChI=1S/C18H18ClN5O4/c19-12-1-4-16(21-10-12)22-18(26)11-5-7-23(8-6-11)15-3-2-13(24(27)28)9-14(15)17(20)25/h1-4,9-11H,5-8H2,(H2,20,25)(H,21,22,26). The number of aromatic nitrogens is 1. The minimum atomic E-state index is -0.729. The minimum absolute atomic E-state index is 0.0995. The molecule has 1 aromatic carbocycles. The molecule has 9 nitrogen and oxygen atoms in total. The third-order valence-corrected chi connectivity index (χ3v) is 4.87. The van der Waals surface area contributed by atoms with Crippen LogP contribution in [0.15, 0.2) is 36.5 Å². The van der Waals surface area contributed by atoms with Gasteiger partial charge in [-0.25, -0.2) is 4.98 Å². The van der Waals surface area contributed by atoms with E-state index in [2.05, 4.69) is 10.3 Å². The number of piperidine rings is 1. The number of nitro benzene ring substituents is 1. The monoisotopic (exact) mass is 403 g/mol. The van der Waals surface area contributed by atoms with Crippen LogP contribution in [0.1, 0.15) is 23.2 Å². The van der Waals surface area contributed by atoms with E-state index in [1.807, 2.05) is 4.90 Å². The predicted octanol–water partition coefficient (Wildman–Crippen LogP) is 2.60. The number of nitro groups is 1. The maximum Gasteiger partial charge on any atom is 0.270 e. The van der Waals surface area contributed by atoms with E-state index in [4.69, 9.17) is 17.3 Å². The van der Waals surface area contributed by atoms with E-state index in [1.54, 1.807) is 12.1 Å². The zero-order valence-electron chi connectivity index (χ0n) is 14.8. The molecule has 1 aliphatic rings. The highest BCUT2D eigenvalue weighted by Crippen LogP contribution is 2.29. The van der Waals surface area contributed by atoms with Gasteiger partial charge in [-0.15, -0.1) is 0 Å². The number of non-ortho nitro benzene ring substituents is 1. The first-order chi connectivity index (χ1) is 13.3. The van der Waals surface area contributed by atoms with E-state index in [1.165, 1.54) is 24.4 Å². The van der Waals surface area contributed by atoms with Crippen molar-refractivity contribution in [3.63, 3.8) is 0 Å². The highest BCUT2D eigenvalue weighted by Gasteiger charge is 2.27. The van der Waals surface area contributed by atoms with Crippen molar-refractivity contribution in [1.82, 2.24) is 4.98 Å². The Bertz CT molecular complexity index is 911. The quantitative estimate of drug-likeness (QED) is 0.582. The molecule has 0 bridgehead atoms. The molecule has 3 N–H and O–H groups in total. The average molecular weight is 404 g/mol. The first-order valence-electron chi connectivity index (χ1n) is 8.61. The number of pyridine rings is 1. The Labute approximate surface area is 165 Å². The summed E-state index contributed by atoms with van der Waals surface area (Å²) in [7, 11) is 0. The predicted molar refractivity (Wildman–Crippen MR) is 104 cm³/mol. The molecule has 2 heterocycles. The highest BCUT2D eigenvalue weighted by molar-refractivity contribution is 6.30. The molecule has 28 heavy (non-hydrogen) atoms. The number of nitrogens with one attached hydrogen (secondary N) is 1. The smallest absolute Gasteiger partial charge is 0.270 e. The summed E-state index contributed by atoms with van der Waals surface area (Å²) in [6.07, 6.45) is 2.59. The molecule has 0 atom stereocenters. The van der Waals surface area contributed by atoms with Crippen molar-refractivity contribution in [3.05, 3.63) is 57.2 Å². The lowest BCUT2D eigenvalue weighted by Gasteiger charge is -2.33. The van der Waals surface area contributed by atoms with E-state index in [0.29, 0.717) is 42.5 Å². The van der Waals surface area contributed by atoms with Gasteiger partial charge in [0.15, 0.2) is 0 Å². The van der Waals surface area contributed by atoms with Gasteiger partial charge in [0, 0.05) is 37.3 Å². The lowest BCUT2D eigenvalue weighted by Crippen LogP contribution is -2.39. The Hall–Kier alpha value is -3.20. The Morgan fingerprint density at radius 2 is 1.96 bits per heavy atom. The molecule has 0 radical (unpaired) electrons. The van der Waals surface area contributed by atoms with Crippen molar-refractivity contribution in [2.45, 2.75) is 12.8 Å². The number of anilines is 2. The maximum atomic E-state index is 12.4. The third kappa shape index (κ3) is 4.37. The summed E-state index contributed by atoms with van der Waals surface area (Å²) in [5.74, 6) is -0.632. The fraction of sp³-hybridized carbons (Fsp3) is 0.278. The van der Waals surface area contributed by atoms with Gasteiger partial charge in [-0.3, -0.25) is 19.7 Å². The molecule has 0 spiro atoms. The topological polar surface area (TPSA) is 131 Å². The number of benzene rings is 1. The third-order valence-electron chi connectivity index (χ3n) is 4.64. The van der Waals surface area contributed by atoms with Crippen LogP contribution in [-0.2, 0) is 4.79 Å². The fourth-order valence-electron chi connectivity index (χ4n) is 3.17. The van der Waals surface area contributed by atoms with Gasteiger partial charge < -0.3 is 16.0 Å². The number of carbonyl (C=O) groups excluding carboxylic acids is 2. The van der Waals surface area contributed by atoms with Crippen molar-refractivity contribution in [3.8, 4) is 0 Å². The van der Waals surface area contributed by atoms with E-state index >= 15 is 0 Å². The van der Waals surface area contributed by atoms with E-state index in [0.717, 1.165) is 0 Å². The molecule has 10 heteroatoms. The molecule has 1 aliphatic heterocycles. The van der Waals surface area contributed by atoms with Crippen LogP contribution >= 0.6 is 11.6 Å². The number of hydrogen-bond acceptors (Lipinski definition) is 6. The minimum Gasteiger partial charge on any atom is -0.371 e. The van der Waals surface area contributed by atoms with Gasteiger partial charge in [0.05, 0.1) is 21.2 Å². The van der Waals surface area contributed by atoms with Gasteiger partial charge in [0.1, 0.15) is 5.82 Å². The van der Waals surface area contributed by atoms with Crippen LogP contribution in [0.2, 0.25) is 5.02 Å². The number of nitrogens with two attached hydrogens (primary N) is 1. The van der Waals surface area contributed by atoms with Crippen molar-refractivity contribution in [2.24, 2.45) is 11.7 Å². The number of primary amides is 1. The van der Waals surface area contributed by atoms with Gasteiger partial charge in [-0.2, -0.15) is 0 Å². The molecular formula is C18H18ClN5O4. The first-order valence-corrected chi connectivity index (χ1v) is 8.98. The Morgan fingerprint density at radius 3 is 2.54 bits per heavy atom. The molecule has 0 saturated carbocycles. The second-order valence-electron chi connectivity index (χ2n) is 6.44. The van der Waals surface area contributed by atoms with Crippen molar-refractivity contribution >= 4 is 40.6 Å². The average Bonchev–Trinajstić information content (AvgIpc) is 2.69. The van der Waals surface area contributed by atoms with Crippen molar-refractivity contribution in [2.75, 3.05) is 23.3 Å². The largest absolute Gasteiger partial charge is 0.371 e. The normalized spacial score (nSPS) is 14.5. The Morgan fingerprint density at radius 1 is 1.25 bits per heavy atom.